The molecule has 1 aromatic rings. The van der Waals surface area contributed by atoms with Gasteiger partial charge >= 0.3 is 5.97 Å². The average molecular weight is 346 g/mol. The number of carbonyl (C=O) groups is 1. The molecule has 0 heterocycles. The van der Waals surface area contributed by atoms with Gasteiger partial charge in [-0.2, -0.15) is 0 Å². The van der Waals surface area contributed by atoms with E-state index in [9.17, 15) is 9.90 Å². The minimum absolute atomic E-state index is 0.0639. The van der Waals surface area contributed by atoms with Crippen molar-refractivity contribution in [3.05, 3.63) is 29.8 Å². The summed E-state index contributed by atoms with van der Waals surface area (Å²) >= 11 is 0. The summed E-state index contributed by atoms with van der Waals surface area (Å²) in [6.07, 6.45) is 2.41. The highest BCUT2D eigenvalue weighted by Crippen LogP contribution is 2.62. The summed E-state index contributed by atoms with van der Waals surface area (Å²) < 4.78 is 11.4. The van der Waals surface area contributed by atoms with Crippen molar-refractivity contribution >= 4 is 5.97 Å². The highest BCUT2D eigenvalue weighted by Gasteiger charge is 2.59. The van der Waals surface area contributed by atoms with Crippen LogP contribution in [0.1, 0.15) is 45.6 Å². The molecular weight excluding hydrogens is 316 g/mol. The molecule has 4 rings (SSSR count). The van der Waals surface area contributed by atoms with Gasteiger partial charge in [0.05, 0.1) is 19.6 Å². The first kappa shape index (κ1) is 18.2. The van der Waals surface area contributed by atoms with Gasteiger partial charge in [0.2, 0.25) is 0 Å². The summed E-state index contributed by atoms with van der Waals surface area (Å²) in [6.45, 7) is 6.21. The Hall–Kier alpha value is -1.55. The Labute approximate surface area is 150 Å². The van der Waals surface area contributed by atoms with Crippen LogP contribution in [0.5, 0.6) is 5.75 Å². The molecular formula is C21H30O4. The lowest BCUT2D eigenvalue weighted by Gasteiger charge is -2.61. The lowest BCUT2D eigenvalue weighted by atomic mass is 9.45. The SMILES string of the molecule is COc1ccccc1C[C@@H]1C[C@H]2C[C@@H]([C@@H]1OC(=O)CC(C)O)C2(C)C. The third-order valence-corrected chi connectivity index (χ3v) is 6.40. The number of hydrogen-bond acceptors (Lipinski definition) is 4. The Kier molecular flexibility index (Phi) is 5.10. The van der Waals surface area contributed by atoms with E-state index in [1.54, 1.807) is 14.0 Å². The van der Waals surface area contributed by atoms with Gasteiger partial charge in [-0.1, -0.05) is 32.0 Å². The van der Waals surface area contributed by atoms with Crippen LogP contribution in [-0.4, -0.2) is 30.4 Å². The first-order chi connectivity index (χ1) is 11.8. The molecule has 1 aromatic carbocycles. The van der Waals surface area contributed by atoms with Gasteiger partial charge < -0.3 is 14.6 Å². The Morgan fingerprint density at radius 1 is 1.32 bits per heavy atom. The fourth-order valence-corrected chi connectivity index (χ4v) is 4.81. The van der Waals surface area contributed by atoms with Gasteiger partial charge in [-0.15, -0.1) is 0 Å². The predicted octanol–water partition coefficient (Wildman–Crippen LogP) is 3.60. The van der Waals surface area contributed by atoms with Crippen molar-refractivity contribution in [2.45, 2.75) is 58.7 Å². The van der Waals surface area contributed by atoms with Gasteiger partial charge in [0, 0.05) is 11.8 Å². The monoisotopic (exact) mass is 346 g/mol. The molecule has 0 aromatic heterocycles. The molecule has 5 atom stereocenters. The Bertz CT molecular complexity index is 622. The molecule has 3 aliphatic rings. The molecule has 138 valence electrons. The van der Waals surface area contributed by atoms with Gasteiger partial charge in [-0.3, -0.25) is 4.79 Å². The number of fused-ring (bicyclic) bond motifs is 2. The second kappa shape index (κ2) is 6.99. The smallest absolute Gasteiger partial charge is 0.308 e. The summed E-state index contributed by atoms with van der Waals surface area (Å²) in [5.74, 6) is 2.03. The predicted molar refractivity (Wildman–Crippen MR) is 96.4 cm³/mol. The Morgan fingerprint density at radius 2 is 2.04 bits per heavy atom. The maximum absolute atomic E-state index is 12.2. The molecule has 3 aliphatic carbocycles. The van der Waals surface area contributed by atoms with Crippen molar-refractivity contribution in [2.75, 3.05) is 7.11 Å². The molecule has 1 N–H and O–H groups in total. The summed E-state index contributed by atoms with van der Waals surface area (Å²) in [6, 6.07) is 8.08. The number of hydrogen-bond donors (Lipinski definition) is 1. The first-order valence-corrected chi connectivity index (χ1v) is 9.32. The van der Waals surface area contributed by atoms with Gasteiger partial charge in [-0.25, -0.2) is 0 Å². The van der Waals surface area contributed by atoms with Crippen molar-refractivity contribution < 1.29 is 19.4 Å². The number of esters is 1. The fourth-order valence-electron chi connectivity index (χ4n) is 4.81. The molecule has 4 heteroatoms. The van der Waals surface area contributed by atoms with E-state index in [2.05, 4.69) is 19.9 Å². The number of benzene rings is 1. The van der Waals surface area contributed by atoms with E-state index >= 15 is 0 Å². The number of carbonyl (C=O) groups excluding carboxylic acids is 1. The zero-order chi connectivity index (χ0) is 18.2. The Balaban J connectivity index is 1.78. The second-order valence-electron chi connectivity index (χ2n) is 8.38. The average Bonchev–Trinajstić information content (AvgIpc) is 2.55. The molecule has 0 amide bonds. The highest BCUT2D eigenvalue weighted by molar-refractivity contribution is 5.70. The maximum Gasteiger partial charge on any atom is 0.308 e. The van der Waals surface area contributed by atoms with Crippen LogP contribution in [0, 0.1) is 23.2 Å². The first-order valence-electron chi connectivity index (χ1n) is 9.32. The van der Waals surface area contributed by atoms with E-state index in [0.717, 1.165) is 25.0 Å². The molecule has 3 fully saturated rings. The number of methoxy groups -OCH3 is 1. The lowest BCUT2D eigenvalue weighted by molar-refractivity contribution is -0.199. The number of ether oxygens (including phenoxy) is 2. The van der Waals surface area contributed by atoms with Crippen LogP contribution >= 0.6 is 0 Å². The van der Waals surface area contributed by atoms with Crippen molar-refractivity contribution in [1.82, 2.24) is 0 Å². The largest absolute Gasteiger partial charge is 0.496 e. The quantitative estimate of drug-likeness (QED) is 0.800. The van der Waals surface area contributed by atoms with Crippen LogP contribution < -0.4 is 4.74 Å². The molecule has 2 bridgehead atoms. The maximum atomic E-state index is 12.2. The van der Waals surface area contributed by atoms with Crippen molar-refractivity contribution in [3.8, 4) is 5.75 Å². The van der Waals surface area contributed by atoms with E-state index in [1.165, 1.54) is 5.56 Å². The summed E-state index contributed by atoms with van der Waals surface area (Å²) in [7, 11) is 1.69. The minimum atomic E-state index is -0.661. The van der Waals surface area contributed by atoms with Crippen LogP contribution in [0.2, 0.25) is 0 Å². The van der Waals surface area contributed by atoms with Gasteiger partial charge in [0.15, 0.2) is 0 Å². The van der Waals surface area contributed by atoms with Crippen LogP contribution in [0.3, 0.4) is 0 Å². The molecule has 3 saturated carbocycles. The van der Waals surface area contributed by atoms with Crippen LogP contribution in [0.4, 0.5) is 0 Å². The third kappa shape index (κ3) is 3.55. The van der Waals surface area contributed by atoms with Gasteiger partial charge in [-0.05, 0) is 49.1 Å². The van der Waals surface area contributed by atoms with Crippen molar-refractivity contribution in [1.29, 1.82) is 0 Å². The summed E-state index contributed by atoms with van der Waals surface area (Å²) in [5, 5.41) is 9.48. The fraction of sp³-hybridized carbons (Fsp3) is 0.667. The molecule has 0 saturated heterocycles. The lowest BCUT2D eigenvalue weighted by Crippen LogP contribution is -2.59. The molecule has 0 radical (unpaired) electrons. The van der Waals surface area contributed by atoms with E-state index in [4.69, 9.17) is 9.47 Å². The van der Waals surface area contributed by atoms with E-state index in [-0.39, 0.29) is 23.9 Å². The van der Waals surface area contributed by atoms with Crippen LogP contribution in [-0.2, 0) is 16.0 Å². The summed E-state index contributed by atoms with van der Waals surface area (Å²) in [5.41, 5.74) is 1.40. The molecule has 25 heavy (non-hydrogen) atoms. The minimum Gasteiger partial charge on any atom is -0.496 e. The Morgan fingerprint density at radius 3 is 2.68 bits per heavy atom. The normalized spacial score (nSPS) is 30.9. The zero-order valence-electron chi connectivity index (χ0n) is 15.7. The number of aliphatic hydroxyl groups is 1. The molecule has 0 aliphatic heterocycles. The van der Waals surface area contributed by atoms with Crippen molar-refractivity contribution in [3.63, 3.8) is 0 Å². The summed E-state index contributed by atoms with van der Waals surface area (Å²) in [4.78, 5) is 12.2. The van der Waals surface area contributed by atoms with Crippen molar-refractivity contribution in [2.24, 2.45) is 23.2 Å². The molecule has 0 spiro atoms. The van der Waals surface area contributed by atoms with E-state index < -0.39 is 6.10 Å². The zero-order valence-corrected chi connectivity index (χ0v) is 15.7. The third-order valence-electron chi connectivity index (χ3n) is 6.40. The second-order valence-corrected chi connectivity index (χ2v) is 8.38. The number of aliphatic hydroxyl groups excluding tert-OH is 1. The van der Waals surface area contributed by atoms with E-state index in [0.29, 0.717) is 17.8 Å². The van der Waals surface area contributed by atoms with Crippen LogP contribution in [0.15, 0.2) is 24.3 Å². The standard InChI is InChI=1S/C21H30O4/c1-13(22)9-19(23)25-20-15(11-16-12-17(20)21(16,2)3)10-14-7-5-6-8-18(14)24-4/h5-8,13,15-17,20,22H,9-12H2,1-4H3/t13?,15-,16+,17+,20-/m1/s1. The van der Waals surface area contributed by atoms with Gasteiger partial charge in [0.1, 0.15) is 11.9 Å². The topological polar surface area (TPSA) is 55.8 Å². The number of rotatable bonds is 6. The van der Waals surface area contributed by atoms with Gasteiger partial charge in [0.25, 0.3) is 0 Å². The molecule has 4 nitrogen and oxygen atoms in total. The van der Waals surface area contributed by atoms with E-state index in [1.807, 2.05) is 18.2 Å². The highest BCUT2D eigenvalue weighted by atomic mass is 16.5. The molecule has 1 unspecified atom stereocenters. The number of para-hydroxylation sites is 1. The van der Waals surface area contributed by atoms with Crippen LogP contribution in [0.25, 0.3) is 0 Å².